The summed E-state index contributed by atoms with van der Waals surface area (Å²) >= 11 is 0. The van der Waals surface area contributed by atoms with Crippen molar-refractivity contribution >= 4 is 6.02 Å². The van der Waals surface area contributed by atoms with E-state index in [1.165, 1.54) is 32.1 Å². The van der Waals surface area contributed by atoms with Gasteiger partial charge in [-0.05, 0) is 49.9 Å². The Labute approximate surface area is 83.7 Å². The molecule has 0 aromatic carbocycles. The zero-order valence-corrected chi connectivity index (χ0v) is 8.28. The monoisotopic (exact) mass is 192 g/mol. The second-order valence-electron chi connectivity index (χ2n) is 5.69. The van der Waals surface area contributed by atoms with E-state index < -0.39 is 0 Å². The Kier molecular flexibility index (Phi) is 1.13. The molecule has 2 N–H and O–H groups in total. The van der Waals surface area contributed by atoms with Gasteiger partial charge in [0.05, 0.1) is 6.04 Å². The van der Waals surface area contributed by atoms with Gasteiger partial charge in [0.15, 0.2) is 0 Å². The highest BCUT2D eigenvalue weighted by atomic mass is 16.5. The van der Waals surface area contributed by atoms with Crippen molar-refractivity contribution in [2.45, 2.75) is 43.7 Å². The molecule has 3 unspecified atom stereocenters. The van der Waals surface area contributed by atoms with Crippen LogP contribution in [0, 0.1) is 17.8 Å². The molecule has 0 radical (unpaired) electrons. The van der Waals surface area contributed by atoms with Crippen LogP contribution in [-0.4, -0.2) is 17.7 Å². The van der Waals surface area contributed by atoms with E-state index in [1.54, 1.807) is 0 Å². The van der Waals surface area contributed by atoms with E-state index >= 15 is 0 Å². The van der Waals surface area contributed by atoms with E-state index in [0.29, 0.717) is 12.1 Å². The first kappa shape index (κ1) is 7.55. The summed E-state index contributed by atoms with van der Waals surface area (Å²) in [5.74, 6) is 2.59. The summed E-state index contributed by atoms with van der Waals surface area (Å²) in [5.41, 5.74) is 5.79. The van der Waals surface area contributed by atoms with Gasteiger partial charge in [0.1, 0.15) is 5.60 Å². The average Bonchev–Trinajstić information content (AvgIpc) is 2.40. The molecule has 14 heavy (non-hydrogen) atoms. The number of aliphatic imine (C=N–C) groups is 1. The number of rotatable bonds is 0. The number of nitrogens with two attached hydrogens (primary N) is 1. The molecule has 1 spiro atoms. The Morgan fingerprint density at radius 2 is 1.93 bits per heavy atom. The fraction of sp³-hybridized carbons (Fsp3) is 0.909. The van der Waals surface area contributed by atoms with Crippen molar-refractivity contribution in [2.75, 3.05) is 0 Å². The van der Waals surface area contributed by atoms with Gasteiger partial charge in [-0.2, -0.15) is 0 Å². The molecule has 0 aromatic rings. The molecule has 1 aliphatic heterocycles. The standard InChI is InChI=1S/C11H16N2O/c12-10-13-9-8-2-6-1-7(3-8)5-11(9,4-6)14-10/h6-9H,1-5H2,(H2,12,13). The number of ether oxygens (including phenoxy) is 1. The van der Waals surface area contributed by atoms with Crippen molar-refractivity contribution in [2.24, 2.45) is 28.5 Å². The van der Waals surface area contributed by atoms with Crippen LogP contribution in [0.25, 0.3) is 0 Å². The highest BCUT2D eigenvalue weighted by molar-refractivity contribution is 5.74. The molecule has 3 heteroatoms. The van der Waals surface area contributed by atoms with Gasteiger partial charge in [-0.1, -0.05) is 0 Å². The minimum atomic E-state index is 0.0544. The van der Waals surface area contributed by atoms with Gasteiger partial charge < -0.3 is 10.5 Å². The lowest BCUT2D eigenvalue weighted by Crippen LogP contribution is -2.58. The summed E-state index contributed by atoms with van der Waals surface area (Å²) in [6, 6.07) is 0.874. The molecule has 4 bridgehead atoms. The molecule has 4 fully saturated rings. The van der Waals surface area contributed by atoms with E-state index in [-0.39, 0.29) is 5.60 Å². The van der Waals surface area contributed by atoms with Gasteiger partial charge >= 0.3 is 0 Å². The van der Waals surface area contributed by atoms with Gasteiger partial charge in [-0.25, -0.2) is 4.99 Å². The zero-order chi connectivity index (χ0) is 9.34. The maximum Gasteiger partial charge on any atom is 0.282 e. The van der Waals surface area contributed by atoms with Crippen LogP contribution in [0.1, 0.15) is 32.1 Å². The van der Waals surface area contributed by atoms with Crippen LogP contribution in [0.15, 0.2) is 4.99 Å². The van der Waals surface area contributed by atoms with E-state index in [1.807, 2.05) is 0 Å². The van der Waals surface area contributed by atoms with Gasteiger partial charge in [-0.3, -0.25) is 0 Å². The first-order valence-corrected chi connectivity index (χ1v) is 5.77. The predicted octanol–water partition coefficient (Wildman–Crippen LogP) is 1.28. The molecule has 0 aromatic heterocycles. The number of nitrogens with zero attached hydrogens (tertiary/aromatic N) is 1. The van der Waals surface area contributed by atoms with Crippen molar-refractivity contribution in [3.63, 3.8) is 0 Å². The van der Waals surface area contributed by atoms with Gasteiger partial charge in [0, 0.05) is 0 Å². The summed E-state index contributed by atoms with van der Waals surface area (Å²) in [6.45, 7) is 0. The van der Waals surface area contributed by atoms with Crippen molar-refractivity contribution < 1.29 is 4.74 Å². The Bertz CT molecular complexity index is 311. The van der Waals surface area contributed by atoms with Gasteiger partial charge in [-0.15, -0.1) is 0 Å². The predicted molar refractivity (Wildman–Crippen MR) is 52.8 cm³/mol. The quantitative estimate of drug-likeness (QED) is 0.628. The van der Waals surface area contributed by atoms with Crippen molar-refractivity contribution in [1.29, 1.82) is 0 Å². The molecule has 4 aliphatic carbocycles. The topological polar surface area (TPSA) is 47.6 Å². The highest BCUT2D eigenvalue weighted by Gasteiger charge is 2.61. The maximum atomic E-state index is 5.85. The van der Waals surface area contributed by atoms with Crippen LogP contribution in [0.4, 0.5) is 0 Å². The molecule has 4 saturated carbocycles. The lowest BCUT2D eigenvalue weighted by Gasteiger charge is -2.56. The molecule has 3 nitrogen and oxygen atoms in total. The SMILES string of the molecule is NC1=NC2C3CC4CC(C3)CC2(C4)O1. The Hall–Kier alpha value is -0.730. The lowest BCUT2D eigenvalue weighted by atomic mass is 9.52. The van der Waals surface area contributed by atoms with Crippen LogP contribution >= 0.6 is 0 Å². The Morgan fingerprint density at radius 1 is 1.21 bits per heavy atom. The molecule has 76 valence electrons. The van der Waals surface area contributed by atoms with E-state index in [4.69, 9.17) is 10.5 Å². The largest absolute Gasteiger partial charge is 0.457 e. The summed E-state index contributed by atoms with van der Waals surface area (Å²) in [7, 11) is 0. The highest BCUT2D eigenvalue weighted by Crippen LogP contribution is 2.59. The van der Waals surface area contributed by atoms with Gasteiger partial charge in [0.2, 0.25) is 0 Å². The molecule has 5 rings (SSSR count). The molecular weight excluding hydrogens is 176 g/mol. The number of amidine groups is 1. The molecule has 3 atom stereocenters. The first-order chi connectivity index (χ1) is 6.75. The van der Waals surface area contributed by atoms with Gasteiger partial charge in [0.25, 0.3) is 6.02 Å². The fourth-order valence-electron chi connectivity index (χ4n) is 4.68. The summed E-state index contributed by atoms with van der Waals surface area (Å²) in [4.78, 5) is 4.51. The third-order valence-electron chi connectivity index (χ3n) is 4.77. The van der Waals surface area contributed by atoms with Crippen molar-refractivity contribution in [3.05, 3.63) is 0 Å². The second kappa shape index (κ2) is 2.10. The smallest absolute Gasteiger partial charge is 0.282 e. The third-order valence-corrected chi connectivity index (χ3v) is 4.77. The molecule has 1 heterocycles. The van der Waals surface area contributed by atoms with Crippen LogP contribution in [0.5, 0.6) is 0 Å². The zero-order valence-electron chi connectivity index (χ0n) is 8.28. The summed E-state index contributed by atoms with van der Waals surface area (Å²) in [6.07, 6.45) is 6.63. The molecular formula is C11H16N2O. The second-order valence-corrected chi connectivity index (χ2v) is 5.69. The fourth-order valence-corrected chi connectivity index (χ4v) is 4.68. The van der Waals surface area contributed by atoms with Crippen molar-refractivity contribution in [1.82, 2.24) is 0 Å². The summed E-state index contributed by atoms with van der Waals surface area (Å²) in [5, 5.41) is 0. The van der Waals surface area contributed by atoms with Crippen LogP contribution in [0.3, 0.4) is 0 Å². The van der Waals surface area contributed by atoms with Crippen LogP contribution in [-0.2, 0) is 4.74 Å². The van der Waals surface area contributed by atoms with E-state index in [0.717, 1.165) is 17.8 Å². The van der Waals surface area contributed by atoms with Crippen LogP contribution < -0.4 is 5.73 Å². The third kappa shape index (κ3) is 0.733. The van der Waals surface area contributed by atoms with E-state index in [9.17, 15) is 0 Å². The molecule has 5 aliphatic rings. The number of hydrogen-bond donors (Lipinski definition) is 1. The summed E-state index contributed by atoms with van der Waals surface area (Å²) < 4.78 is 5.85. The molecule has 0 saturated heterocycles. The van der Waals surface area contributed by atoms with E-state index in [2.05, 4.69) is 4.99 Å². The van der Waals surface area contributed by atoms with Crippen molar-refractivity contribution in [3.8, 4) is 0 Å². The Balaban J connectivity index is 1.80. The normalized spacial score (nSPS) is 58.1. The maximum absolute atomic E-state index is 5.85. The minimum absolute atomic E-state index is 0.0544. The first-order valence-electron chi connectivity index (χ1n) is 5.77. The minimum Gasteiger partial charge on any atom is -0.457 e. The molecule has 0 amide bonds. The lowest BCUT2D eigenvalue weighted by molar-refractivity contribution is -0.114. The number of hydrogen-bond acceptors (Lipinski definition) is 3. The average molecular weight is 192 g/mol. The van der Waals surface area contributed by atoms with Crippen LogP contribution in [0.2, 0.25) is 0 Å². The Morgan fingerprint density at radius 3 is 2.64 bits per heavy atom.